The summed E-state index contributed by atoms with van der Waals surface area (Å²) in [6.07, 6.45) is 9.72. The van der Waals surface area contributed by atoms with Crippen LogP contribution in [0.1, 0.15) is 31.9 Å². The summed E-state index contributed by atoms with van der Waals surface area (Å²) in [5.41, 5.74) is 5.55. The Kier molecular flexibility index (Phi) is 3.81. The van der Waals surface area contributed by atoms with Crippen molar-refractivity contribution in [1.82, 2.24) is 14.4 Å². The molecule has 0 fully saturated rings. The Balaban J connectivity index is 1.68. The van der Waals surface area contributed by atoms with Crippen molar-refractivity contribution in [2.45, 2.75) is 33.1 Å². The third kappa shape index (κ3) is 2.80. The van der Waals surface area contributed by atoms with E-state index in [0.29, 0.717) is 0 Å². The fourth-order valence-electron chi connectivity index (χ4n) is 3.35. The zero-order chi connectivity index (χ0) is 16.5. The summed E-state index contributed by atoms with van der Waals surface area (Å²) >= 11 is 0. The molecule has 0 saturated heterocycles. The molecule has 0 radical (unpaired) electrons. The molecule has 0 saturated carbocycles. The van der Waals surface area contributed by atoms with Gasteiger partial charge in [-0.15, -0.1) is 0 Å². The van der Waals surface area contributed by atoms with Crippen molar-refractivity contribution >= 4 is 11.5 Å². The van der Waals surface area contributed by atoms with E-state index in [1.807, 2.05) is 30.5 Å². The molecule has 122 valence electrons. The van der Waals surface area contributed by atoms with Gasteiger partial charge in [-0.25, -0.2) is 9.97 Å². The number of rotatable bonds is 3. The van der Waals surface area contributed by atoms with Gasteiger partial charge in [-0.3, -0.25) is 4.40 Å². The van der Waals surface area contributed by atoms with Gasteiger partial charge in [0.2, 0.25) is 0 Å². The van der Waals surface area contributed by atoms with Crippen LogP contribution < -0.4 is 5.32 Å². The van der Waals surface area contributed by atoms with Crippen LogP contribution in [-0.4, -0.2) is 14.4 Å². The number of aryl methyl sites for hydroxylation is 1. The Bertz CT molecular complexity index is 907. The van der Waals surface area contributed by atoms with Gasteiger partial charge in [0.15, 0.2) is 0 Å². The maximum atomic E-state index is 4.65. The van der Waals surface area contributed by atoms with Crippen LogP contribution in [0.2, 0.25) is 0 Å². The van der Waals surface area contributed by atoms with Gasteiger partial charge < -0.3 is 5.32 Å². The lowest BCUT2D eigenvalue weighted by molar-refractivity contribution is 0.515. The average molecular weight is 318 g/mol. The van der Waals surface area contributed by atoms with Crippen molar-refractivity contribution in [3.63, 3.8) is 0 Å². The van der Waals surface area contributed by atoms with Gasteiger partial charge in [0, 0.05) is 23.7 Å². The number of nitrogens with one attached hydrogen (secondary N) is 1. The Morgan fingerprint density at radius 1 is 1.25 bits per heavy atom. The number of nitrogens with zero attached hydrogens (tertiary/aromatic N) is 3. The summed E-state index contributed by atoms with van der Waals surface area (Å²) in [4.78, 5) is 9.14. The van der Waals surface area contributed by atoms with E-state index in [4.69, 9.17) is 0 Å². The maximum absolute atomic E-state index is 4.65. The van der Waals surface area contributed by atoms with Crippen molar-refractivity contribution in [2.24, 2.45) is 5.92 Å². The van der Waals surface area contributed by atoms with Crippen molar-refractivity contribution in [3.05, 3.63) is 60.2 Å². The van der Waals surface area contributed by atoms with Crippen molar-refractivity contribution in [3.8, 4) is 11.3 Å². The summed E-state index contributed by atoms with van der Waals surface area (Å²) in [6, 6.07) is 10.2. The van der Waals surface area contributed by atoms with E-state index in [2.05, 4.69) is 51.9 Å². The first kappa shape index (κ1) is 14.9. The Hall–Kier alpha value is -2.62. The molecule has 0 bridgehead atoms. The van der Waals surface area contributed by atoms with Gasteiger partial charge in [-0.05, 0) is 56.4 Å². The van der Waals surface area contributed by atoms with E-state index in [9.17, 15) is 0 Å². The van der Waals surface area contributed by atoms with E-state index in [1.165, 1.54) is 12.1 Å². The molecule has 1 N–H and O–H groups in total. The molecule has 1 atom stereocenters. The Morgan fingerprint density at radius 3 is 3.00 bits per heavy atom. The fraction of sp³-hybridized carbons (Fsp3) is 0.300. The van der Waals surface area contributed by atoms with Crippen LogP contribution in [0.5, 0.6) is 0 Å². The minimum absolute atomic E-state index is 0.788. The second kappa shape index (κ2) is 6.11. The van der Waals surface area contributed by atoms with Crippen LogP contribution in [0.15, 0.2) is 54.5 Å². The predicted molar refractivity (Wildman–Crippen MR) is 97.9 cm³/mol. The molecule has 4 heteroatoms. The van der Waals surface area contributed by atoms with Gasteiger partial charge in [-0.2, -0.15) is 0 Å². The number of anilines is 1. The van der Waals surface area contributed by atoms with Crippen LogP contribution in [-0.2, 0) is 0 Å². The van der Waals surface area contributed by atoms with Crippen molar-refractivity contribution < 1.29 is 0 Å². The highest BCUT2D eigenvalue weighted by Gasteiger charge is 2.13. The second-order valence-electron chi connectivity index (χ2n) is 6.64. The molecule has 4 rings (SSSR count). The second-order valence-corrected chi connectivity index (χ2v) is 6.64. The zero-order valence-electron chi connectivity index (χ0n) is 14.2. The molecule has 0 aliphatic heterocycles. The van der Waals surface area contributed by atoms with Gasteiger partial charge >= 0.3 is 0 Å². The number of fused-ring (bicyclic) bond motifs is 1. The molecule has 0 amide bonds. The smallest absolute Gasteiger partial charge is 0.137 e. The molecule has 0 spiro atoms. The van der Waals surface area contributed by atoms with Crippen molar-refractivity contribution in [1.29, 1.82) is 0 Å². The minimum atomic E-state index is 0.788. The van der Waals surface area contributed by atoms with Gasteiger partial charge in [0.25, 0.3) is 0 Å². The number of aromatic nitrogens is 3. The fourth-order valence-corrected chi connectivity index (χ4v) is 3.35. The summed E-state index contributed by atoms with van der Waals surface area (Å²) < 4.78 is 2.13. The number of allylic oxidation sites excluding steroid dienone is 2. The first-order chi connectivity index (χ1) is 11.7. The maximum Gasteiger partial charge on any atom is 0.137 e. The number of imidazole rings is 1. The quantitative estimate of drug-likeness (QED) is 0.753. The van der Waals surface area contributed by atoms with E-state index >= 15 is 0 Å². The van der Waals surface area contributed by atoms with E-state index in [1.54, 1.807) is 0 Å². The summed E-state index contributed by atoms with van der Waals surface area (Å²) in [6.45, 7) is 4.36. The molecule has 1 aliphatic carbocycles. The molecule has 0 aromatic carbocycles. The molecular formula is C20H22N4. The van der Waals surface area contributed by atoms with E-state index in [0.717, 1.165) is 47.2 Å². The summed E-state index contributed by atoms with van der Waals surface area (Å²) in [5, 5.41) is 3.49. The monoisotopic (exact) mass is 318 g/mol. The third-order valence-electron chi connectivity index (χ3n) is 4.70. The predicted octanol–water partition coefficient (Wildman–Crippen LogP) is 4.82. The highest BCUT2D eigenvalue weighted by Crippen LogP contribution is 2.28. The first-order valence-corrected chi connectivity index (χ1v) is 8.57. The van der Waals surface area contributed by atoms with Gasteiger partial charge in [-0.1, -0.05) is 19.1 Å². The van der Waals surface area contributed by atoms with Crippen LogP contribution in [0.25, 0.3) is 16.9 Å². The molecule has 1 aliphatic rings. The first-order valence-electron chi connectivity index (χ1n) is 8.57. The Labute approximate surface area is 142 Å². The van der Waals surface area contributed by atoms with Gasteiger partial charge in [0.1, 0.15) is 11.5 Å². The van der Waals surface area contributed by atoms with E-state index < -0.39 is 0 Å². The molecule has 3 aromatic rings. The molecular weight excluding hydrogens is 296 g/mol. The lowest BCUT2D eigenvalue weighted by Crippen LogP contribution is -2.08. The zero-order valence-corrected chi connectivity index (χ0v) is 14.2. The topological polar surface area (TPSA) is 42.2 Å². The standard InChI is InChI=1S/C20H22N4/c1-14-6-8-17(9-7-14)23-18-13-16(10-11-21-18)20-15(2)22-19-5-3-4-12-24(19)20/h3-5,8,10-14H,6-7,9H2,1-2H3,(H,21,23). The lowest BCUT2D eigenvalue weighted by Gasteiger charge is -2.19. The normalized spacial score (nSPS) is 17.8. The Morgan fingerprint density at radius 2 is 2.17 bits per heavy atom. The third-order valence-corrected chi connectivity index (χ3v) is 4.70. The largest absolute Gasteiger partial charge is 0.344 e. The number of pyridine rings is 2. The summed E-state index contributed by atoms with van der Waals surface area (Å²) in [5.74, 6) is 1.69. The SMILES string of the molecule is Cc1nc2ccccn2c1-c1ccnc(NC2=CCC(C)CC2)c1. The molecule has 3 aromatic heterocycles. The van der Waals surface area contributed by atoms with Crippen LogP contribution in [0.3, 0.4) is 0 Å². The lowest BCUT2D eigenvalue weighted by atomic mass is 9.94. The molecule has 24 heavy (non-hydrogen) atoms. The van der Waals surface area contributed by atoms with Crippen LogP contribution >= 0.6 is 0 Å². The minimum Gasteiger partial charge on any atom is -0.344 e. The van der Waals surface area contributed by atoms with Crippen LogP contribution in [0, 0.1) is 12.8 Å². The number of hydrogen-bond acceptors (Lipinski definition) is 3. The summed E-state index contributed by atoms with van der Waals surface area (Å²) in [7, 11) is 0. The van der Waals surface area contributed by atoms with Crippen LogP contribution in [0.4, 0.5) is 5.82 Å². The highest BCUT2D eigenvalue weighted by atomic mass is 15.0. The average Bonchev–Trinajstić information content (AvgIpc) is 2.93. The number of hydrogen-bond donors (Lipinski definition) is 1. The van der Waals surface area contributed by atoms with Crippen molar-refractivity contribution in [2.75, 3.05) is 5.32 Å². The van der Waals surface area contributed by atoms with Gasteiger partial charge in [0.05, 0.1) is 11.4 Å². The molecule has 1 unspecified atom stereocenters. The highest BCUT2D eigenvalue weighted by molar-refractivity contribution is 5.69. The van der Waals surface area contributed by atoms with E-state index in [-0.39, 0.29) is 0 Å². The molecule has 4 nitrogen and oxygen atoms in total. The molecule has 3 heterocycles.